The van der Waals surface area contributed by atoms with E-state index in [1.807, 2.05) is 47.8 Å². The lowest BCUT2D eigenvalue weighted by Crippen LogP contribution is -2.40. The van der Waals surface area contributed by atoms with Crippen LogP contribution in [0.4, 0.5) is 18.9 Å². The van der Waals surface area contributed by atoms with Crippen LogP contribution in [0.25, 0.3) is 0 Å². The van der Waals surface area contributed by atoms with E-state index in [0.29, 0.717) is 0 Å². The Morgan fingerprint density at radius 1 is 0.963 bits per heavy atom. The Bertz CT molecular complexity index is 916. The van der Waals surface area contributed by atoms with Crippen LogP contribution >= 0.6 is 11.3 Å². The molecule has 27 heavy (non-hydrogen) atoms. The Morgan fingerprint density at radius 3 is 2.37 bits per heavy atom. The molecule has 2 aromatic carbocycles. The molecule has 1 amide bonds. The molecule has 0 bridgehead atoms. The third-order valence-corrected chi connectivity index (χ3v) is 5.00. The Hall–Kier alpha value is -2.64. The van der Waals surface area contributed by atoms with Crippen LogP contribution in [0, 0.1) is 17.5 Å². The number of hydrogen-bond donors (Lipinski definition) is 2. The van der Waals surface area contributed by atoms with Crippen LogP contribution in [-0.2, 0) is 4.79 Å². The molecule has 0 spiro atoms. The van der Waals surface area contributed by atoms with Crippen molar-refractivity contribution in [1.29, 1.82) is 0 Å². The summed E-state index contributed by atoms with van der Waals surface area (Å²) in [5.74, 6) is -4.90. The summed E-state index contributed by atoms with van der Waals surface area (Å²) < 4.78 is 40.2. The molecule has 1 aromatic heterocycles. The first-order valence-electron chi connectivity index (χ1n) is 8.26. The van der Waals surface area contributed by atoms with Crippen molar-refractivity contribution in [2.45, 2.75) is 19.0 Å². The molecule has 3 rings (SSSR count). The van der Waals surface area contributed by atoms with Crippen molar-refractivity contribution in [2.75, 3.05) is 5.32 Å². The molecule has 0 fully saturated rings. The molecule has 0 aliphatic heterocycles. The van der Waals surface area contributed by atoms with Gasteiger partial charge in [-0.25, -0.2) is 13.2 Å². The fourth-order valence-corrected chi connectivity index (χ4v) is 3.44. The highest BCUT2D eigenvalue weighted by Crippen LogP contribution is 2.27. The number of nitrogens with one attached hydrogen (secondary N) is 2. The molecule has 0 unspecified atom stereocenters. The van der Waals surface area contributed by atoms with E-state index < -0.39 is 35.1 Å². The quantitative estimate of drug-likeness (QED) is 0.590. The minimum Gasteiger partial charge on any atom is -0.322 e. The second kappa shape index (κ2) is 8.37. The number of amides is 1. The number of halogens is 3. The van der Waals surface area contributed by atoms with Gasteiger partial charge in [-0.15, -0.1) is 11.3 Å². The molecular weight excluding hydrogens is 373 g/mol. The lowest BCUT2D eigenvalue weighted by Gasteiger charge is -2.23. The van der Waals surface area contributed by atoms with E-state index in [1.165, 1.54) is 0 Å². The van der Waals surface area contributed by atoms with E-state index >= 15 is 0 Å². The van der Waals surface area contributed by atoms with Gasteiger partial charge in [-0.2, -0.15) is 0 Å². The van der Waals surface area contributed by atoms with E-state index in [9.17, 15) is 18.0 Å². The first-order valence-corrected chi connectivity index (χ1v) is 9.14. The highest BCUT2D eigenvalue weighted by molar-refractivity contribution is 7.10. The summed E-state index contributed by atoms with van der Waals surface area (Å²) >= 11 is 1.54. The third-order valence-electron chi connectivity index (χ3n) is 4.06. The van der Waals surface area contributed by atoms with Gasteiger partial charge in [-0.3, -0.25) is 10.1 Å². The number of hydrogen-bond acceptors (Lipinski definition) is 3. The van der Waals surface area contributed by atoms with Crippen molar-refractivity contribution in [3.8, 4) is 0 Å². The smallest absolute Gasteiger partial charge is 0.241 e. The van der Waals surface area contributed by atoms with Crippen LogP contribution in [0.1, 0.15) is 23.4 Å². The number of rotatable bonds is 6. The molecule has 0 saturated carbocycles. The standard InChI is InChI=1S/C20H17F3N2OS/c1-12(20(26)25-15-10-9-14(21)17(22)18(15)23)24-19(16-8-5-11-27-16)13-6-3-2-4-7-13/h2-12,19,24H,1H3,(H,25,26)/t12-,19-/m1/s1. The first kappa shape index (κ1) is 19.1. The summed E-state index contributed by atoms with van der Waals surface area (Å²) in [7, 11) is 0. The second-order valence-electron chi connectivity index (χ2n) is 5.96. The van der Waals surface area contributed by atoms with Crippen LogP contribution in [0.3, 0.4) is 0 Å². The van der Waals surface area contributed by atoms with Crippen molar-refractivity contribution in [3.63, 3.8) is 0 Å². The van der Waals surface area contributed by atoms with Gasteiger partial charge in [0.2, 0.25) is 5.91 Å². The zero-order valence-electron chi connectivity index (χ0n) is 14.4. The summed E-state index contributed by atoms with van der Waals surface area (Å²) in [4.78, 5) is 13.5. The van der Waals surface area contributed by atoms with Crippen molar-refractivity contribution >= 4 is 22.9 Å². The van der Waals surface area contributed by atoms with E-state index in [2.05, 4.69) is 10.6 Å². The maximum atomic E-state index is 13.8. The predicted octanol–water partition coefficient (Wildman–Crippen LogP) is 4.87. The van der Waals surface area contributed by atoms with Crippen LogP contribution in [0.2, 0.25) is 0 Å². The molecule has 7 heteroatoms. The maximum absolute atomic E-state index is 13.8. The van der Waals surface area contributed by atoms with Crippen molar-refractivity contribution in [3.05, 3.63) is 87.9 Å². The fraction of sp³-hybridized carbons (Fsp3) is 0.150. The minimum atomic E-state index is -1.62. The largest absolute Gasteiger partial charge is 0.322 e. The maximum Gasteiger partial charge on any atom is 0.241 e. The van der Waals surface area contributed by atoms with Gasteiger partial charge in [0.25, 0.3) is 0 Å². The van der Waals surface area contributed by atoms with Gasteiger partial charge in [0, 0.05) is 4.88 Å². The van der Waals surface area contributed by atoms with Gasteiger partial charge in [-0.05, 0) is 36.1 Å². The molecule has 0 aliphatic carbocycles. The van der Waals surface area contributed by atoms with E-state index in [0.717, 1.165) is 22.6 Å². The van der Waals surface area contributed by atoms with Gasteiger partial charge < -0.3 is 5.32 Å². The molecule has 0 aliphatic rings. The lowest BCUT2D eigenvalue weighted by atomic mass is 10.0. The van der Waals surface area contributed by atoms with Crippen LogP contribution in [0.15, 0.2) is 60.0 Å². The molecule has 2 N–H and O–H groups in total. The summed E-state index contributed by atoms with van der Waals surface area (Å²) in [6.45, 7) is 1.62. The summed E-state index contributed by atoms with van der Waals surface area (Å²) in [5.41, 5.74) is 0.568. The average molecular weight is 390 g/mol. The topological polar surface area (TPSA) is 41.1 Å². The minimum absolute atomic E-state index is 0.234. The van der Waals surface area contributed by atoms with Crippen molar-refractivity contribution < 1.29 is 18.0 Å². The number of thiophene rings is 1. The highest BCUT2D eigenvalue weighted by atomic mass is 32.1. The van der Waals surface area contributed by atoms with Gasteiger partial charge in [0.1, 0.15) is 0 Å². The molecule has 140 valence electrons. The monoisotopic (exact) mass is 390 g/mol. The number of carbonyl (C=O) groups is 1. The lowest BCUT2D eigenvalue weighted by molar-refractivity contribution is -0.117. The molecule has 3 nitrogen and oxygen atoms in total. The van der Waals surface area contributed by atoms with Crippen LogP contribution in [0.5, 0.6) is 0 Å². The van der Waals surface area contributed by atoms with Gasteiger partial charge in [0.05, 0.1) is 17.8 Å². The molecular formula is C20H17F3N2OS. The van der Waals surface area contributed by atoms with Gasteiger partial charge in [-0.1, -0.05) is 36.4 Å². The van der Waals surface area contributed by atoms with Gasteiger partial charge in [0.15, 0.2) is 17.5 Å². The first-order chi connectivity index (χ1) is 13.0. The fourth-order valence-electron chi connectivity index (χ4n) is 2.63. The number of carbonyl (C=O) groups excluding carboxylic acids is 1. The average Bonchev–Trinajstić information content (AvgIpc) is 3.21. The van der Waals surface area contributed by atoms with E-state index in [1.54, 1.807) is 18.3 Å². The number of benzene rings is 2. The molecule has 2 atom stereocenters. The molecule has 3 aromatic rings. The molecule has 0 saturated heterocycles. The molecule has 0 radical (unpaired) electrons. The summed E-state index contributed by atoms with van der Waals surface area (Å²) in [5, 5.41) is 7.45. The second-order valence-corrected chi connectivity index (χ2v) is 6.94. The Kier molecular flexibility index (Phi) is 5.93. The van der Waals surface area contributed by atoms with Crippen LogP contribution in [-0.4, -0.2) is 11.9 Å². The predicted molar refractivity (Wildman–Crippen MR) is 100 cm³/mol. The SMILES string of the molecule is C[C@@H](N[C@H](c1ccccc1)c1cccs1)C(=O)Nc1ccc(F)c(F)c1F. The highest BCUT2D eigenvalue weighted by Gasteiger charge is 2.23. The number of anilines is 1. The van der Waals surface area contributed by atoms with Gasteiger partial charge >= 0.3 is 0 Å². The molecule has 1 heterocycles. The third kappa shape index (κ3) is 4.37. The summed E-state index contributed by atoms with van der Waals surface area (Å²) in [6, 6.07) is 14.3. The van der Waals surface area contributed by atoms with E-state index in [4.69, 9.17) is 0 Å². The zero-order valence-corrected chi connectivity index (χ0v) is 15.2. The Labute approximate surface area is 158 Å². The van der Waals surface area contributed by atoms with Crippen LogP contribution < -0.4 is 10.6 Å². The Morgan fingerprint density at radius 2 is 1.70 bits per heavy atom. The van der Waals surface area contributed by atoms with Crippen molar-refractivity contribution in [2.24, 2.45) is 0 Å². The normalized spacial score (nSPS) is 13.2. The summed E-state index contributed by atoms with van der Waals surface area (Å²) in [6.07, 6.45) is 0. The Balaban J connectivity index is 1.77. The zero-order chi connectivity index (χ0) is 19.4. The van der Waals surface area contributed by atoms with E-state index in [-0.39, 0.29) is 6.04 Å². The van der Waals surface area contributed by atoms with Crippen molar-refractivity contribution in [1.82, 2.24) is 5.32 Å².